The van der Waals surface area contributed by atoms with E-state index in [1.165, 1.54) is 0 Å². The van der Waals surface area contributed by atoms with E-state index in [4.69, 9.17) is 9.84 Å². The molecule has 0 spiro atoms. The first-order valence-electron chi connectivity index (χ1n) is 4.51. The fourth-order valence-corrected chi connectivity index (χ4v) is 1.84. The molecule has 1 saturated carbocycles. The summed E-state index contributed by atoms with van der Waals surface area (Å²) in [6.07, 6.45) is 4.87. The minimum atomic E-state index is -0.705. The summed E-state index contributed by atoms with van der Waals surface area (Å²) in [7, 11) is 1.60. The van der Waals surface area contributed by atoms with Crippen LogP contribution in [0.25, 0.3) is 0 Å². The molecule has 0 aliphatic heterocycles. The van der Waals surface area contributed by atoms with Gasteiger partial charge in [0.2, 0.25) is 0 Å². The zero-order valence-corrected chi connectivity index (χ0v) is 7.45. The average Bonchev–Trinajstić information content (AvgIpc) is 2.27. The number of carbonyl (C=O) groups is 1. The number of carboxylic acid groups (broad SMARTS) is 1. The summed E-state index contributed by atoms with van der Waals surface area (Å²) in [5.41, 5.74) is 0. The summed E-state index contributed by atoms with van der Waals surface area (Å²) in [5, 5.41) is 8.88. The minimum absolute atomic E-state index is 0.0648. The van der Waals surface area contributed by atoms with Crippen LogP contribution in [0.2, 0.25) is 0 Å². The van der Waals surface area contributed by atoms with Crippen LogP contribution in [0.1, 0.15) is 32.1 Å². The maximum Gasteiger partial charge on any atom is 0.309 e. The quantitative estimate of drug-likeness (QED) is 0.644. The highest BCUT2D eigenvalue weighted by Crippen LogP contribution is 2.25. The summed E-state index contributed by atoms with van der Waals surface area (Å²) >= 11 is 0. The van der Waals surface area contributed by atoms with Crippen LogP contribution in [0.4, 0.5) is 0 Å². The van der Waals surface area contributed by atoms with E-state index < -0.39 is 5.97 Å². The number of rotatable bonds is 2. The third kappa shape index (κ3) is 2.21. The van der Waals surface area contributed by atoms with E-state index in [1.807, 2.05) is 0 Å². The summed E-state index contributed by atoms with van der Waals surface area (Å²) in [6.45, 7) is 0. The van der Waals surface area contributed by atoms with Crippen LogP contribution in [0.5, 0.6) is 0 Å². The maximum absolute atomic E-state index is 10.8. The first-order chi connectivity index (χ1) is 5.75. The zero-order chi connectivity index (χ0) is 8.97. The van der Waals surface area contributed by atoms with Crippen LogP contribution < -0.4 is 0 Å². The van der Waals surface area contributed by atoms with E-state index in [9.17, 15) is 4.79 Å². The van der Waals surface area contributed by atoms with Gasteiger partial charge in [0.05, 0.1) is 12.0 Å². The third-order valence-corrected chi connectivity index (χ3v) is 2.57. The smallest absolute Gasteiger partial charge is 0.309 e. The lowest BCUT2D eigenvalue weighted by molar-refractivity contribution is -0.146. The van der Waals surface area contributed by atoms with Gasteiger partial charge in [-0.3, -0.25) is 4.79 Å². The molecule has 0 heterocycles. The molecule has 3 nitrogen and oxygen atoms in total. The molecular formula is C9H16O3. The molecule has 0 unspecified atom stereocenters. The summed E-state index contributed by atoms with van der Waals surface area (Å²) < 4.78 is 5.16. The van der Waals surface area contributed by atoms with Gasteiger partial charge in [0, 0.05) is 7.11 Å². The maximum atomic E-state index is 10.8. The normalized spacial score (nSPS) is 31.1. The van der Waals surface area contributed by atoms with E-state index in [2.05, 4.69) is 0 Å². The topological polar surface area (TPSA) is 46.5 Å². The summed E-state index contributed by atoms with van der Waals surface area (Å²) in [4.78, 5) is 10.8. The fourth-order valence-electron chi connectivity index (χ4n) is 1.84. The minimum Gasteiger partial charge on any atom is -0.481 e. The van der Waals surface area contributed by atoms with Crippen molar-refractivity contribution in [3.8, 4) is 0 Å². The van der Waals surface area contributed by atoms with Crippen LogP contribution in [0, 0.1) is 5.92 Å². The van der Waals surface area contributed by atoms with Crippen molar-refractivity contribution in [1.82, 2.24) is 0 Å². The molecule has 0 aromatic carbocycles. The lowest BCUT2D eigenvalue weighted by atomic mass is 9.97. The number of ether oxygens (including phenoxy) is 1. The molecular weight excluding hydrogens is 156 g/mol. The Kier molecular flexibility index (Phi) is 3.53. The van der Waals surface area contributed by atoms with Gasteiger partial charge in [0.1, 0.15) is 0 Å². The Balaban J connectivity index is 2.57. The number of methoxy groups -OCH3 is 1. The van der Waals surface area contributed by atoms with Crippen LogP contribution in [-0.4, -0.2) is 24.3 Å². The first kappa shape index (κ1) is 9.52. The highest BCUT2D eigenvalue weighted by Gasteiger charge is 2.28. The summed E-state index contributed by atoms with van der Waals surface area (Å²) in [5.74, 6) is -0.985. The van der Waals surface area contributed by atoms with E-state index >= 15 is 0 Å². The molecule has 0 bridgehead atoms. The van der Waals surface area contributed by atoms with Crippen molar-refractivity contribution in [2.75, 3.05) is 7.11 Å². The van der Waals surface area contributed by atoms with Gasteiger partial charge in [-0.2, -0.15) is 0 Å². The van der Waals surface area contributed by atoms with Crippen LogP contribution >= 0.6 is 0 Å². The van der Waals surface area contributed by atoms with Crippen molar-refractivity contribution in [2.45, 2.75) is 38.2 Å². The van der Waals surface area contributed by atoms with Gasteiger partial charge in [-0.05, 0) is 12.8 Å². The lowest BCUT2D eigenvalue weighted by Gasteiger charge is -2.19. The highest BCUT2D eigenvalue weighted by molar-refractivity contribution is 5.70. The SMILES string of the molecule is CO[C@H]1CCCCC[C@H]1C(=O)O. The van der Waals surface area contributed by atoms with Crippen molar-refractivity contribution in [3.63, 3.8) is 0 Å². The second-order valence-corrected chi connectivity index (χ2v) is 3.36. The Hall–Kier alpha value is -0.570. The van der Waals surface area contributed by atoms with Crippen molar-refractivity contribution in [1.29, 1.82) is 0 Å². The predicted octanol–water partition coefficient (Wildman–Crippen LogP) is 1.67. The van der Waals surface area contributed by atoms with Gasteiger partial charge < -0.3 is 9.84 Å². The Morgan fingerprint density at radius 2 is 2.00 bits per heavy atom. The molecule has 0 aromatic heterocycles. The fraction of sp³-hybridized carbons (Fsp3) is 0.889. The molecule has 1 rings (SSSR count). The first-order valence-corrected chi connectivity index (χ1v) is 4.51. The Morgan fingerprint density at radius 3 is 2.58 bits per heavy atom. The number of aliphatic carboxylic acids is 1. The molecule has 70 valence electrons. The Labute approximate surface area is 72.7 Å². The predicted molar refractivity (Wildman–Crippen MR) is 45.0 cm³/mol. The average molecular weight is 172 g/mol. The molecule has 1 aliphatic rings. The van der Waals surface area contributed by atoms with E-state index in [-0.39, 0.29) is 12.0 Å². The largest absolute Gasteiger partial charge is 0.481 e. The molecule has 0 saturated heterocycles. The molecule has 1 aliphatic carbocycles. The number of hydrogen-bond acceptors (Lipinski definition) is 2. The van der Waals surface area contributed by atoms with E-state index in [0.717, 1.165) is 32.1 Å². The molecule has 1 N–H and O–H groups in total. The van der Waals surface area contributed by atoms with Gasteiger partial charge in [-0.25, -0.2) is 0 Å². The van der Waals surface area contributed by atoms with E-state index in [1.54, 1.807) is 7.11 Å². The van der Waals surface area contributed by atoms with Crippen molar-refractivity contribution < 1.29 is 14.6 Å². The van der Waals surface area contributed by atoms with Crippen molar-refractivity contribution >= 4 is 5.97 Å². The standard InChI is InChI=1S/C9H16O3/c1-12-8-6-4-2-3-5-7(8)9(10)11/h7-8H,2-6H2,1H3,(H,10,11)/t7-,8+/m1/s1. The highest BCUT2D eigenvalue weighted by atomic mass is 16.5. The van der Waals surface area contributed by atoms with Gasteiger partial charge in [-0.1, -0.05) is 19.3 Å². The molecule has 0 aromatic rings. The van der Waals surface area contributed by atoms with Gasteiger partial charge in [0.15, 0.2) is 0 Å². The number of hydrogen-bond donors (Lipinski definition) is 1. The molecule has 2 atom stereocenters. The Morgan fingerprint density at radius 1 is 1.33 bits per heavy atom. The molecule has 1 fully saturated rings. The second kappa shape index (κ2) is 4.45. The van der Waals surface area contributed by atoms with E-state index in [0.29, 0.717) is 0 Å². The van der Waals surface area contributed by atoms with Gasteiger partial charge in [-0.15, -0.1) is 0 Å². The van der Waals surface area contributed by atoms with Gasteiger partial charge >= 0.3 is 5.97 Å². The van der Waals surface area contributed by atoms with Crippen molar-refractivity contribution in [3.05, 3.63) is 0 Å². The zero-order valence-electron chi connectivity index (χ0n) is 7.45. The van der Waals surface area contributed by atoms with Crippen LogP contribution in [0.15, 0.2) is 0 Å². The second-order valence-electron chi connectivity index (χ2n) is 3.36. The Bertz CT molecular complexity index is 156. The van der Waals surface area contributed by atoms with Gasteiger partial charge in [0.25, 0.3) is 0 Å². The molecule has 0 radical (unpaired) electrons. The summed E-state index contributed by atoms with van der Waals surface area (Å²) in [6, 6.07) is 0. The third-order valence-electron chi connectivity index (χ3n) is 2.57. The molecule has 0 amide bonds. The monoisotopic (exact) mass is 172 g/mol. The molecule has 12 heavy (non-hydrogen) atoms. The van der Waals surface area contributed by atoms with Crippen molar-refractivity contribution in [2.24, 2.45) is 5.92 Å². The van der Waals surface area contributed by atoms with Crippen LogP contribution in [-0.2, 0) is 9.53 Å². The van der Waals surface area contributed by atoms with Crippen LogP contribution in [0.3, 0.4) is 0 Å². The molecule has 3 heteroatoms. The lowest BCUT2D eigenvalue weighted by Crippen LogP contribution is -2.28. The number of carboxylic acids is 1.